The van der Waals surface area contributed by atoms with Crippen molar-refractivity contribution in [1.82, 2.24) is 4.90 Å². The molecule has 2 rings (SSSR count). The Bertz CT molecular complexity index is 625. The van der Waals surface area contributed by atoms with E-state index >= 15 is 0 Å². The molecule has 1 unspecified atom stereocenters. The normalized spacial score (nSPS) is 17.4. The number of allylic oxidation sites excluding steroid dienone is 1. The van der Waals surface area contributed by atoms with Gasteiger partial charge in [-0.05, 0) is 24.1 Å². The van der Waals surface area contributed by atoms with Gasteiger partial charge in [0.05, 0.1) is 0 Å². The van der Waals surface area contributed by atoms with E-state index in [1.54, 1.807) is 23.1 Å². The first-order valence-electron chi connectivity index (χ1n) is 6.51. The number of rotatable bonds is 4. The zero-order valence-corrected chi connectivity index (χ0v) is 16.5. The predicted molar refractivity (Wildman–Crippen MR) is 84.1 cm³/mol. The van der Waals surface area contributed by atoms with Crippen LogP contribution in [0.3, 0.4) is 0 Å². The molecule has 0 aliphatic carbocycles. The molecule has 0 saturated carbocycles. The number of carbonyl (C=O) groups is 1. The van der Waals surface area contributed by atoms with Crippen molar-refractivity contribution in [3.8, 4) is 18.1 Å². The Morgan fingerprint density at radius 3 is 2.86 bits per heavy atom. The summed E-state index contributed by atoms with van der Waals surface area (Å²) in [5, 5.41) is -0.0861. The maximum atomic E-state index is 12.1. The molecule has 0 saturated heterocycles. The number of benzene rings is 1. The maximum Gasteiger partial charge on any atom is 0.241 e. The number of alkyl halides is 1. The van der Waals surface area contributed by atoms with Crippen molar-refractivity contribution in [2.24, 2.45) is 0 Å². The van der Waals surface area contributed by atoms with Gasteiger partial charge in [0.25, 0.3) is 0 Å². The van der Waals surface area contributed by atoms with Crippen LogP contribution in [0, 0.1) is 18.4 Å². The molecule has 0 fully saturated rings. The number of amides is 1. The Kier molecular flexibility index (Phi) is 7.93. The average Bonchev–Trinajstić information content (AvgIpc) is 2.48. The van der Waals surface area contributed by atoms with E-state index in [9.17, 15) is 4.79 Å². The molecular formula is C16H14Cl2NO2Y-. The van der Waals surface area contributed by atoms with Crippen LogP contribution < -0.4 is 4.74 Å². The van der Waals surface area contributed by atoms with Crippen LogP contribution in [-0.4, -0.2) is 29.3 Å². The topological polar surface area (TPSA) is 29.5 Å². The first-order chi connectivity index (χ1) is 10.1. The maximum absolute atomic E-state index is 12.1. The van der Waals surface area contributed by atoms with Crippen molar-refractivity contribution >= 4 is 34.8 Å². The van der Waals surface area contributed by atoms with Crippen LogP contribution in [-0.2, 0) is 37.5 Å². The van der Waals surface area contributed by atoms with Gasteiger partial charge in [-0.15, -0.1) is 47.0 Å². The molecule has 1 heterocycles. The summed E-state index contributed by atoms with van der Waals surface area (Å²) in [6.45, 7) is 2.57. The number of hydrogen-bond acceptors (Lipinski definition) is 2. The quantitative estimate of drug-likeness (QED) is 0.432. The Morgan fingerprint density at radius 1 is 1.55 bits per heavy atom. The van der Waals surface area contributed by atoms with Gasteiger partial charge in [0.1, 0.15) is 17.7 Å². The smallest absolute Gasteiger partial charge is 0.241 e. The third-order valence-electron chi connectivity index (χ3n) is 3.09. The summed E-state index contributed by atoms with van der Waals surface area (Å²) in [5.41, 5.74) is 1.39. The Hall–Kier alpha value is -0.526. The number of terminal acetylenes is 1. The Morgan fingerprint density at radius 2 is 2.27 bits per heavy atom. The average molecular weight is 412 g/mol. The van der Waals surface area contributed by atoms with Crippen molar-refractivity contribution in [3.63, 3.8) is 0 Å². The molecule has 3 nitrogen and oxygen atoms in total. The second kappa shape index (κ2) is 8.94. The third-order valence-corrected chi connectivity index (χ3v) is 3.74. The summed E-state index contributed by atoms with van der Waals surface area (Å²) < 4.78 is 5.32. The van der Waals surface area contributed by atoms with Gasteiger partial charge in [0, 0.05) is 39.3 Å². The summed E-state index contributed by atoms with van der Waals surface area (Å²) in [4.78, 5) is 13.7. The monoisotopic (exact) mass is 411 g/mol. The van der Waals surface area contributed by atoms with Gasteiger partial charge in [0.15, 0.2) is 0 Å². The molecule has 1 aliphatic heterocycles. The minimum absolute atomic E-state index is 0. The van der Waals surface area contributed by atoms with Crippen molar-refractivity contribution in [1.29, 1.82) is 0 Å². The molecule has 0 N–H and O–H groups in total. The molecule has 22 heavy (non-hydrogen) atoms. The van der Waals surface area contributed by atoms with Crippen LogP contribution in [0.15, 0.2) is 18.2 Å². The van der Waals surface area contributed by atoms with E-state index in [-0.39, 0.29) is 45.2 Å². The van der Waals surface area contributed by atoms with E-state index in [1.807, 2.05) is 6.92 Å². The second-order valence-corrected chi connectivity index (χ2v) is 5.35. The molecule has 1 aromatic rings. The Balaban J connectivity index is 0.00000242. The summed E-state index contributed by atoms with van der Waals surface area (Å²) >= 11 is 12.3. The van der Waals surface area contributed by atoms with Gasteiger partial charge in [0.2, 0.25) is 5.91 Å². The molecule has 0 aromatic heterocycles. The molecule has 1 atom stereocenters. The first-order valence-corrected chi connectivity index (χ1v) is 7.32. The van der Waals surface area contributed by atoms with Gasteiger partial charge in [-0.25, -0.2) is 6.08 Å². The van der Waals surface area contributed by atoms with Gasteiger partial charge in [-0.2, -0.15) is 0 Å². The summed E-state index contributed by atoms with van der Waals surface area (Å²) in [5.74, 6) is 2.85. The van der Waals surface area contributed by atoms with Crippen molar-refractivity contribution in [3.05, 3.63) is 34.9 Å². The number of nitrogens with zero attached hydrogens (tertiary/aromatic N) is 1. The number of ether oxygens (including phenoxy) is 1. The van der Waals surface area contributed by atoms with Crippen LogP contribution in [0.25, 0.3) is 5.70 Å². The molecular weight excluding hydrogens is 398 g/mol. The minimum Gasteiger partial charge on any atom is -0.481 e. The van der Waals surface area contributed by atoms with E-state index in [4.69, 9.17) is 34.4 Å². The van der Waals surface area contributed by atoms with Crippen molar-refractivity contribution < 1.29 is 42.2 Å². The molecule has 1 aromatic carbocycles. The fourth-order valence-electron chi connectivity index (χ4n) is 2.11. The largest absolute Gasteiger partial charge is 0.481 e. The van der Waals surface area contributed by atoms with E-state index in [0.717, 1.165) is 5.56 Å². The summed E-state index contributed by atoms with van der Waals surface area (Å²) in [6.07, 6.45) is 8.67. The van der Waals surface area contributed by atoms with E-state index in [1.165, 1.54) is 0 Å². The van der Waals surface area contributed by atoms with Crippen LogP contribution in [0.1, 0.15) is 18.9 Å². The molecule has 1 aliphatic rings. The minimum atomic E-state index is -0.564. The van der Waals surface area contributed by atoms with Gasteiger partial charge < -0.3 is 9.64 Å². The van der Waals surface area contributed by atoms with Crippen LogP contribution in [0.5, 0.6) is 5.75 Å². The van der Waals surface area contributed by atoms with Gasteiger partial charge in [-0.3, -0.25) is 4.79 Å². The summed E-state index contributed by atoms with van der Waals surface area (Å²) in [6, 6.07) is 5.23. The molecule has 1 radical (unpaired) electrons. The number of carbonyl (C=O) groups excluding carboxylic acids is 1. The zero-order chi connectivity index (χ0) is 15.4. The number of hydrogen-bond donors (Lipinski definition) is 0. The van der Waals surface area contributed by atoms with Crippen LogP contribution in [0.2, 0.25) is 5.02 Å². The van der Waals surface area contributed by atoms with Crippen LogP contribution >= 0.6 is 23.2 Å². The number of halogens is 2. The third kappa shape index (κ3) is 4.27. The SMILES string of the molecule is C#CCOc1ccc(C2=[C-]CC(Cl)C(=O)N2CC)c(Cl)c1.[Y]. The van der Waals surface area contributed by atoms with Crippen LogP contribution in [0.4, 0.5) is 0 Å². The van der Waals surface area contributed by atoms with Gasteiger partial charge in [-0.1, -0.05) is 12.3 Å². The summed E-state index contributed by atoms with van der Waals surface area (Å²) in [7, 11) is 0. The molecule has 0 spiro atoms. The van der Waals surface area contributed by atoms with Gasteiger partial charge >= 0.3 is 0 Å². The predicted octanol–water partition coefficient (Wildman–Crippen LogP) is 3.35. The fourth-order valence-corrected chi connectivity index (χ4v) is 2.56. The Labute approximate surface area is 165 Å². The molecule has 6 heteroatoms. The van der Waals surface area contributed by atoms with E-state index < -0.39 is 5.38 Å². The standard InChI is InChI=1S/C16H14Cl2NO2.Y/c1-3-9-21-11-5-6-12(14(18)10-11)15-8-7-13(17)16(20)19(15)4-2;/h1,5-6,10,13H,4,7,9H2,2H3;/q-1;. The van der Waals surface area contributed by atoms with E-state index in [2.05, 4.69) is 12.0 Å². The molecule has 113 valence electrons. The van der Waals surface area contributed by atoms with E-state index in [0.29, 0.717) is 29.4 Å². The molecule has 0 bridgehead atoms. The fraction of sp³-hybridized carbons (Fsp3) is 0.312. The van der Waals surface area contributed by atoms with Crippen molar-refractivity contribution in [2.75, 3.05) is 13.2 Å². The zero-order valence-electron chi connectivity index (χ0n) is 12.1. The second-order valence-electron chi connectivity index (χ2n) is 4.41. The molecule has 1 amide bonds. The first kappa shape index (κ1) is 19.5. The van der Waals surface area contributed by atoms with Crippen molar-refractivity contribution in [2.45, 2.75) is 18.7 Å².